The molecule has 0 bridgehead atoms. The first-order valence-electron chi connectivity index (χ1n) is 4.14. The van der Waals surface area contributed by atoms with Crippen LogP contribution in [-0.2, 0) is 14.1 Å². The molecule has 2 aromatic rings. The van der Waals surface area contributed by atoms with Crippen LogP contribution in [-0.4, -0.2) is 4.57 Å². The Balaban J connectivity index is 3.06. The highest BCUT2D eigenvalue weighted by atomic mass is 16.1. The van der Waals surface area contributed by atoms with Gasteiger partial charge in [0.2, 0.25) is 6.33 Å². The summed E-state index contributed by atoms with van der Waals surface area (Å²) in [5.41, 5.74) is 1.01. The summed E-state index contributed by atoms with van der Waals surface area (Å²) < 4.78 is 3.53. The first-order chi connectivity index (χ1) is 6.20. The van der Waals surface area contributed by atoms with Gasteiger partial charge in [-0.1, -0.05) is 12.1 Å². The molecule has 0 aliphatic carbocycles. The molecule has 3 nitrogen and oxygen atoms in total. The van der Waals surface area contributed by atoms with Crippen LogP contribution in [0.3, 0.4) is 0 Å². The lowest BCUT2D eigenvalue weighted by Crippen LogP contribution is -2.36. The van der Waals surface area contributed by atoms with Crippen molar-refractivity contribution in [1.29, 1.82) is 0 Å². The molecule has 0 N–H and O–H groups in total. The molecule has 1 heterocycles. The predicted molar refractivity (Wildman–Crippen MR) is 50.4 cm³/mol. The third-order valence-electron chi connectivity index (χ3n) is 2.18. The van der Waals surface area contributed by atoms with Crippen molar-refractivity contribution in [2.45, 2.75) is 0 Å². The van der Waals surface area contributed by atoms with Crippen LogP contribution in [0.5, 0.6) is 0 Å². The minimum absolute atomic E-state index is 0.0497. The number of aryl methyl sites for hydroxylation is 2. The van der Waals surface area contributed by atoms with Crippen molar-refractivity contribution in [2.24, 2.45) is 14.1 Å². The van der Waals surface area contributed by atoms with Crippen LogP contribution in [0, 0.1) is 0 Å². The summed E-state index contributed by atoms with van der Waals surface area (Å²) in [4.78, 5) is 11.6. The van der Waals surface area contributed by atoms with E-state index in [2.05, 4.69) is 0 Å². The molecule has 0 fully saturated rings. The van der Waals surface area contributed by atoms with Gasteiger partial charge in [-0.05, 0) is 12.1 Å². The fourth-order valence-electron chi connectivity index (χ4n) is 1.53. The lowest BCUT2D eigenvalue weighted by molar-refractivity contribution is -0.649. The standard InChI is InChI=1S/C10H11N2O/c1-11-7-12(2)10(13)8-5-3-4-6-9(8)11/h3-7H,1-2H3/q+1. The van der Waals surface area contributed by atoms with E-state index < -0.39 is 0 Å². The Kier molecular flexibility index (Phi) is 1.65. The highest BCUT2D eigenvalue weighted by Crippen LogP contribution is 2.01. The predicted octanol–water partition coefficient (Wildman–Crippen LogP) is 0.363. The van der Waals surface area contributed by atoms with Crippen LogP contribution < -0.4 is 10.1 Å². The van der Waals surface area contributed by atoms with E-state index in [1.165, 1.54) is 0 Å². The van der Waals surface area contributed by atoms with Gasteiger partial charge >= 0.3 is 5.56 Å². The Morgan fingerprint density at radius 2 is 2.00 bits per heavy atom. The second kappa shape index (κ2) is 2.69. The molecule has 0 aliphatic rings. The molecule has 1 aromatic heterocycles. The summed E-state index contributed by atoms with van der Waals surface area (Å²) in [6, 6.07) is 7.60. The van der Waals surface area contributed by atoms with Crippen LogP contribution in [0.25, 0.3) is 10.9 Å². The number of hydrogen-bond donors (Lipinski definition) is 0. The van der Waals surface area contributed by atoms with Crippen LogP contribution >= 0.6 is 0 Å². The molecular formula is C10H11N2O+. The highest BCUT2D eigenvalue weighted by Gasteiger charge is 2.07. The van der Waals surface area contributed by atoms with Crippen molar-refractivity contribution in [3.05, 3.63) is 40.9 Å². The third-order valence-corrected chi connectivity index (χ3v) is 2.18. The van der Waals surface area contributed by atoms with Crippen molar-refractivity contribution in [3.8, 4) is 0 Å². The van der Waals surface area contributed by atoms with E-state index in [1.54, 1.807) is 17.9 Å². The monoisotopic (exact) mass is 175 g/mol. The van der Waals surface area contributed by atoms with Crippen molar-refractivity contribution in [2.75, 3.05) is 0 Å². The van der Waals surface area contributed by atoms with Gasteiger partial charge in [0.05, 0.1) is 14.1 Å². The van der Waals surface area contributed by atoms with Gasteiger partial charge in [-0.25, -0.2) is 13.9 Å². The summed E-state index contributed by atoms with van der Waals surface area (Å²) >= 11 is 0. The Morgan fingerprint density at radius 1 is 1.31 bits per heavy atom. The molecule has 0 saturated heterocycles. The number of para-hydroxylation sites is 1. The van der Waals surface area contributed by atoms with Gasteiger partial charge < -0.3 is 0 Å². The molecule has 0 saturated carbocycles. The number of rotatable bonds is 0. The summed E-state index contributed by atoms with van der Waals surface area (Å²) in [5, 5.41) is 0.759. The SMILES string of the molecule is Cn1c[n+](C)c2ccccc2c1=O. The van der Waals surface area contributed by atoms with Crippen LogP contribution in [0.1, 0.15) is 0 Å². The maximum atomic E-state index is 11.6. The Bertz CT molecular complexity index is 514. The molecular weight excluding hydrogens is 164 g/mol. The topological polar surface area (TPSA) is 25.9 Å². The number of nitrogens with zero attached hydrogens (tertiary/aromatic N) is 2. The van der Waals surface area contributed by atoms with E-state index in [9.17, 15) is 4.79 Å². The molecule has 2 rings (SSSR count). The molecule has 3 heteroatoms. The average molecular weight is 175 g/mol. The molecule has 0 radical (unpaired) electrons. The molecule has 13 heavy (non-hydrogen) atoms. The Labute approximate surface area is 75.9 Å². The zero-order valence-electron chi connectivity index (χ0n) is 7.69. The fourth-order valence-corrected chi connectivity index (χ4v) is 1.53. The molecule has 0 unspecified atom stereocenters. The lowest BCUT2D eigenvalue weighted by atomic mass is 10.2. The van der Waals surface area contributed by atoms with Crippen LogP contribution in [0.2, 0.25) is 0 Å². The van der Waals surface area contributed by atoms with E-state index in [1.807, 2.05) is 35.9 Å². The molecule has 0 spiro atoms. The number of fused-ring (bicyclic) bond motifs is 1. The van der Waals surface area contributed by atoms with Gasteiger partial charge in [0.15, 0.2) is 0 Å². The maximum absolute atomic E-state index is 11.6. The van der Waals surface area contributed by atoms with Crippen molar-refractivity contribution in [1.82, 2.24) is 4.57 Å². The van der Waals surface area contributed by atoms with Crippen molar-refractivity contribution in [3.63, 3.8) is 0 Å². The van der Waals surface area contributed by atoms with E-state index in [0.29, 0.717) is 0 Å². The van der Waals surface area contributed by atoms with Crippen LogP contribution in [0.15, 0.2) is 35.4 Å². The molecule has 66 valence electrons. The van der Waals surface area contributed by atoms with E-state index in [-0.39, 0.29) is 5.56 Å². The summed E-state index contributed by atoms with van der Waals surface area (Å²) in [6.07, 6.45) is 1.78. The first kappa shape index (κ1) is 7.98. The van der Waals surface area contributed by atoms with Gasteiger partial charge in [0.25, 0.3) is 0 Å². The summed E-state index contributed by atoms with van der Waals surface area (Å²) in [7, 11) is 3.69. The van der Waals surface area contributed by atoms with Gasteiger partial charge in [-0.2, -0.15) is 0 Å². The first-order valence-corrected chi connectivity index (χ1v) is 4.14. The van der Waals surface area contributed by atoms with Crippen LogP contribution in [0.4, 0.5) is 0 Å². The van der Waals surface area contributed by atoms with E-state index >= 15 is 0 Å². The van der Waals surface area contributed by atoms with Gasteiger partial charge in [0, 0.05) is 0 Å². The van der Waals surface area contributed by atoms with Crippen molar-refractivity contribution >= 4 is 10.9 Å². The quantitative estimate of drug-likeness (QED) is 0.531. The molecule has 0 atom stereocenters. The zero-order chi connectivity index (χ0) is 9.42. The van der Waals surface area contributed by atoms with Crippen molar-refractivity contribution < 1.29 is 4.57 Å². The highest BCUT2D eigenvalue weighted by molar-refractivity contribution is 5.73. The lowest BCUT2D eigenvalue weighted by Gasteiger charge is -1.98. The number of hydrogen-bond acceptors (Lipinski definition) is 1. The summed E-state index contributed by atoms with van der Waals surface area (Å²) in [6.45, 7) is 0. The van der Waals surface area contributed by atoms with Gasteiger partial charge in [0.1, 0.15) is 10.9 Å². The zero-order valence-corrected chi connectivity index (χ0v) is 7.69. The molecule has 0 aliphatic heterocycles. The average Bonchev–Trinajstić information content (AvgIpc) is 2.15. The smallest absolute Gasteiger partial charge is 0.241 e. The summed E-state index contributed by atoms with van der Waals surface area (Å²) in [5.74, 6) is 0. The maximum Gasteiger partial charge on any atom is 0.344 e. The van der Waals surface area contributed by atoms with E-state index in [4.69, 9.17) is 0 Å². The van der Waals surface area contributed by atoms with Gasteiger partial charge in [-0.3, -0.25) is 0 Å². The van der Waals surface area contributed by atoms with E-state index in [0.717, 1.165) is 10.9 Å². The number of benzene rings is 1. The third kappa shape index (κ3) is 1.13. The minimum Gasteiger partial charge on any atom is -0.241 e. The largest absolute Gasteiger partial charge is 0.344 e. The Hall–Kier alpha value is -1.64. The molecule has 0 amide bonds. The second-order valence-electron chi connectivity index (χ2n) is 3.16. The number of aromatic nitrogens is 2. The normalized spacial score (nSPS) is 10.6. The minimum atomic E-state index is 0.0497. The Morgan fingerprint density at radius 3 is 2.77 bits per heavy atom. The molecule has 1 aromatic carbocycles. The fraction of sp³-hybridized carbons (Fsp3) is 0.200. The second-order valence-corrected chi connectivity index (χ2v) is 3.16. The van der Waals surface area contributed by atoms with Gasteiger partial charge in [-0.15, -0.1) is 0 Å².